The van der Waals surface area contributed by atoms with Gasteiger partial charge >= 0.3 is 5.97 Å². The first-order valence-corrected chi connectivity index (χ1v) is 7.20. The van der Waals surface area contributed by atoms with Gasteiger partial charge in [-0.1, -0.05) is 0 Å². The van der Waals surface area contributed by atoms with Crippen LogP contribution in [0.4, 0.5) is 0 Å². The predicted octanol–water partition coefficient (Wildman–Crippen LogP) is 0.454. The normalized spacial score (nSPS) is 11.2. The molecule has 0 spiro atoms. The number of nitrogens with zero attached hydrogens (tertiary/aromatic N) is 1. The van der Waals surface area contributed by atoms with Crippen molar-refractivity contribution in [3.63, 3.8) is 0 Å². The van der Waals surface area contributed by atoms with Gasteiger partial charge in [0.15, 0.2) is 6.10 Å². The van der Waals surface area contributed by atoms with Gasteiger partial charge in [0.1, 0.15) is 18.0 Å². The van der Waals surface area contributed by atoms with Crippen molar-refractivity contribution in [2.75, 3.05) is 34.9 Å². The van der Waals surface area contributed by atoms with Crippen LogP contribution in [0.3, 0.4) is 0 Å². The number of methoxy groups -OCH3 is 2. The first-order valence-electron chi connectivity index (χ1n) is 7.20. The lowest BCUT2D eigenvalue weighted by Crippen LogP contribution is -2.38. The Morgan fingerprint density at radius 1 is 1.08 bits per heavy atom. The highest BCUT2D eigenvalue weighted by atomic mass is 16.5. The molecule has 0 radical (unpaired) electrons. The SMILES string of the molecule is COc1cc(OC)cc(C(=O)NCC(=O)O[C@@H](C)C(=O)N(C)C)c1. The van der Waals surface area contributed by atoms with Gasteiger partial charge in [-0.2, -0.15) is 0 Å². The van der Waals surface area contributed by atoms with Gasteiger partial charge in [0.2, 0.25) is 0 Å². The average Bonchev–Trinajstić information content (AvgIpc) is 2.57. The molecule has 8 nitrogen and oxygen atoms in total. The Labute approximate surface area is 140 Å². The summed E-state index contributed by atoms with van der Waals surface area (Å²) in [5.41, 5.74) is 0.274. The number of hydrogen-bond acceptors (Lipinski definition) is 6. The molecule has 2 amide bonds. The van der Waals surface area contributed by atoms with Crippen molar-refractivity contribution in [2.24, 2.45) is 0 Å². The second-order valence-electron chi connectivity index (χ2n) is 5.15. The van der Waals surface area contributed by atoms with Gasteiger partial charge in [0.05, 0.1) is 14.2 Å². The van der Waals surface area contributed by atoms with Crippen LogP contribution in [-0.2, 0) is 14.3 Å². The molecule has 132 valence electrons. The maximum atomic E-state index is 12.1. The fourth-order valence-corrected chi connectivity index (χ4v) is 1.85. The summed E-state index contributed by atoms with van der Waals surface area (Å²) in [6, 6.07) is 4.66. The summed E-state index contributed by atoms with van der Waals surface area (Å²) in [4.78, 5) is 36.7. The van der Waals surface area contributed by atoms with Crippen molar-refractivity contribution >= 4 is 17.8 Å². The summed E-state index contributed by atoms with van der Waals surface area (Å²) in [7, 11) is 6.06. The van der Waals surface area contributed by atoms with E-state index in [1.165, 1.54) is 38.2 Å². The molecular weight excluding hydrogens is 316 g/mol. The molecule has 0 saturated heterocycles. The molecule has 8 heteroatoms. The standard InChI is InChI=1S/C16H22N2O6/c1-10(16(21)18(2)3)24-14(19)9-17-15(20)11-6-12(22-4)8-13(7-11)23-5/h6-8,10H,9H2,1-5H3,(H,17,20)/t10-/m0/s1. The molecule has 0 bridgehead atoms. The lowest BCUT2D eigenvalue weighted by molar-refractivity contribution is -0.157. The number of likely N-dealkylation sites (N-methyl/N-ethyl adjacent to an activating group) is 1. The minimum Gasteiger partial charge on any atom is -0.497 e. The number of amides is 2. The van der Waals surface area contributed by atoms with Gasteiger partial charge in [-0.25, -0.2) is 0 Å². The van der Waals surface area contributed by atoms with E-state index in [-0.39, 0.29) is 18.0 Å². The minimum atomic E-state index is -0.915. The molecule has 0 aliphatic heterocycles. The Morgan fingerprint density at radius 2 is 1.62 bits per heavy atom. The summed E-state index contributed by atoms with van der Waals surface area (Å²) in [5, 5.41) is 2.43. The number of rotatable bonds is 7. The maximum Gasteiger partial charge on any atom is 0.326 e. The van der Waals surface area contributed by atoms with E-state index >= 15 is 0 Å². The third kappa shape index (κ3) is 5.45. The van der Waals surface area contributed by atoms with Gasteiger partial charge in [0, 0.05) is 25.7 Å². The molecule has 1 atom stereocenters. The predicted molar refractivity (Wildman–Crippen MR) is 86.1 cm³/mol. The second kappa shape index (κ2) is 8.76. The summed E-state index contributed by atoms with van der Waals surface area (Å²) >= 11 is 0. The van der Waals surface area contributed by atoms with Crippen LogP contribution < -0.4 is 14.8 Å². The lowest BCUT2D eigenvalue weighted by atomic mass is 10.2. The van der Waals surface area contributed by atoms with E-state index in [9.17, 15) is 14.4 Å². The number of esters is 1. The zero-order valence-electron chi connectivity index (χ0n) is 14.4. The van der Waals surface area contributed by atoms with Crippen LogP contribution in [0.1, 0.15) is 17.3 Å². The summed E-state index contributed by atoms with van der Waals surface area (Å²) in [6.07, 6.45) is -0.915. The third-order valence-electron chi connectivity index (χ3n) is 3.10. The van der Waals surface area contributed by atoms with Crippen molar-refractivity contribution in [3.8, 4) is 11.5 Å². The average molecular weight is 338 g/mol. The van der Waals surface area contributed by atoms with E-state index in [2.05, 4.69) is 5.32 Å². The molecule has 24 heavy (non-hydrogen) atoms. The second-order valence-corrected chi connectivity index (χ2v) is 5.15. The van der Waals surface area contributed by atoms with Crippen molar-refractivity contribution in [1.29, 1.82) is 0 Å². The van der Waals surface area contributed by atoms with E-state index in [4.69, 9.17) is 14.2 Å². The number of carbonyl (C=O) groups is 3. The Balaban J connectivity index is 2.63. The van der Waals surface area contributed by atoms with Crippen molar-refractivity contribution in [1.82, 2.24) is 10.2 Å². The quantitative estimate of drug-likeness (QED) is 0.726. The van der Waals surface area contributed by atoms with Gasteiger partial charge in [-0.05, 0) is 19.1 Å². The fourth-order valence-electron chi connectivity index (χ4n) is 1.85. The van der Waals surface area contributed by atoms with Crippen LogP contribution >= 0.6 is 0 Å². The first kappa shape index (κ1) is 19.3. The number of hydrogen-bond donors (Lipinski definition) is 1. The molecule has 0 fully saturated rings. The van der Waals surface area contributed by atoms with Crippen LogP contribution in [-0.4, -0.2) is 63.6 Å². The number of benzene rings is 1. The third-order valence-corrected chi connectivity index (χ3v) is 3.10. The van der Waals surface area contributed by atoms with E-state index in [1.54, 1.807) is 20.2 Å². The monoisotopic (exact) mass is 338 g/mol. The summed E-state index contributed by atoms with van der Waals surface area (Å²) in [6.45, 7) is 1.11. The van der Waals surface area contributed by atoms with Gasteiger partial charge in [0.25, 0.3) is 11.8 Å². The Morgan fingerprint density at radius 3 is 2.08 bits per heavy atom. The minimum absolute atomic E-state index is 0.274. The molecule has 1 aromatic carbocycles. The van der Waals surface area contributed by atoms with Crippen molar-refractivity contribution in [2.45, 2.75) is 13.0 Å². The van der Waals surface area contributed by atoms with E-state index in [1.807, 2.05) is 0 Å². The number of ether oxygens (including phenoxy) is 3. The molecule has 1 rings (SSSR count). The molecular formula is C16H22N2O6. The zero-order valence-corrected chi connectivity index (χ0v) is 14.4. The van der Waals surface area contributed by atoms with Crippen LogP contribution in [0.25, 0.3) is 0 Å². The molecule has 1 N–H and O–H groups in total. The van der Waals surface area contributed by atoms with Crippen LogP contribution in [0.2, 0.25) is 0 Å². The topological polar surface area (TPSA) is 94.2 Å². The van der Waals surface area contributed by atoms with Gasteiger partial charge in [-0.3, -0.25) is 14.4 Å². The summed E-state index contributed by atoms with van der Waals surface area (Å²) in [5.74, 6) is -0.636. The Hall–Kier alpha value is -2.77. The zero-order chi connectivity index (χ0) is 18.3. The van der Waals surface area contributed by atoms with Crippen LogP contribution in [0, 0.1) is 0 Å². The van der Waals surface area contributed by atoms with Crippen LogP contribution in [0.15, 0.2) is 18.2 Å². The summed E-state index contributed by atoms with van der Waals surface area (Å²) < 4.78 is 15.1. The smallest absolute Gasteiger partial charge is 0.326 e. The molecule has 0 aliphatic rings. The molecule has 0 saturated carbocycles. The fraction of sp³-hybridized carbons (Fsp3) is 0.438. The highest BCUT2D eigenvalue weighted by Gasteiger charge is 2.20. The maximum absolute atomic E-state index is 12.1. The van der Waals surface area contributed by atoms with Gasteiger partial charge < -0.3 is 24.4 Å². The van der Waals surface area contributed by atoms with E-state index in [0.29, 0.717) is 11.5 Å². The molecule has 1 aromatic rings. The highest BCUT2D eigenvalue weighted by molar-refractivity contribution is 5.96. The highest BCUT2D eigenvalue weighted by Crippen LogP contribution is 2.22. The van der Waals surface area contributed by atoms with Crippen molar-refractivity contribution < 1.29 is 28.6 Å². The largest absolute Gasteiger partial charge is 0.497 e. The van der Waals surface area contributed by atoms with E-state index < -0.39 is 18.0 Å². The molecule has 0 aromatic heterocycles. The first-order chi connectivity index (χ1) is 11.3. The van der Waals surface area contributed by atoms with Crippen molar-refractivity contribution in [3.05, 3.63) is 23.8 Å². The molecule has 0 heterocycles. The number of nitrogens with one attached hydrogen (secondary N) is 1. The van der Waals surface area contributed by atoms with Crippen LogP contribution in [0.5, 0.6) is 11.5 Å². The Bertz CT molecular complexity index is 592. The lowest BCUT2D eigenvalue weighted by Gasteiger charge is -2.17. The van der Waals surface area contributed by atoms with E-state index in [0.717, 1.165) is 0 Å². The Kier molecular flexibility index (Phi) is 7.03. The number of carbonyl (C=O) groups excluding carboxylic acids is 3. The molecule has 0 aliphatic carbocycles. The van der Waals surface area contributed by atoms with Gasteiger partial charge in [-0.15, -0.1) is 0 Å². The molecule has 0 unspecified atom stereocenters.